The topological polar surface area (TPSA) is 113 Å². The zero-order valence-electron chi connectivity index (χ0n) is 21.4. The Morgan fingerprint density at radius 3 is 2.39 bits per heavy atom. The van der Waals surface area contributed by atoms with Crippen LogP contribution in [0.1, 0.15) is 48.3 Å². The number of carbonyl (C=O) groups is 3. The van der Waals surface area contributed by atoms with Crippen molar-refractivity contribution in [3.8, 4) is 11.5 Å². The third-order valence-electron chi connectivity index (χ3n) is 5.96. The van der Waals surface area contributed by atoms with Gasteiger partial charge in [-0.15, -0.1) is 0 Å². The van der Waals surface area contributed by atoms with E-state index in [1.54, 1.807) is 61.5 Å². The average molecular weight is 516 g/mol. The molecule has 1 fully saturated rings. The number of aliphatic hydroxyl groups is 1. The number of ether oxygens (including phenoxy) is 2. The summed E-state index contributed by atoms with van der Waals surface area (Å²) in [5.41, 5.74) is 1.02. The fourth-order valence-electron chi connectivity index (χ4n) is 4.26. The summed E-state index contributed by atoms with van der Waals surface area (Å²) < 4.78 is 10.8. The quantitative estimate of drug-likeness (QED) is 0.183. The van der Waals surface area contributed by atoms with E-state index in [9.17, 15) is 24.6 Å². The second-order valence-electron chi connectivity index (χ2n) is 9.27. The van der Waals surface area contributed by atoms with Gasteiger partial charge < -0.3 is 19.7 Å². The average Bonchev–Trinajstić information content (AvgIpc) is 3.17. The van der Waals surface area contributed by atoms with E-state index in [0.29, 0.717) is 23.5 Å². The molecule has 1 unspecified atom stereocenters. The molecular weight excluding hydrogens is 486 g/mol. The first-order valence-electron chi connectivity index (χ1n) is 12.3. The lowest BCUT2D eigenvalue weighted by atomic mass is 9.95. The number of aromatic hydroxyl groups is 1. The number of Topliss-reactive ketones (excluding diaryl/α,β-unsaturated/α-hetero) is 1. The molecule has 196 valence electrons. The van der Waals surface area contributed by atoms with E-state index in [4.69, 9.17) is 9.47 Å². The van der Waals surface area contributed by atoms with Crippen molar-refractivity contribution in [1.82, 2.24) is 0 Å². The maximum atomic E-state index is 13.4. The highest BCUT2D eigenvalue weighted by Crippen LogP contribution is 2.43. The van der Waals surface area contributed by atoms with Gasteiger partial charge in [-0.25, -0.2) is 4.79 Å². The van der Waals surface area contributed by atoms with Crippen LogP contribution in [0.2, 0.25) is 0 Å². The maximum Gasteiger partial charge on any atom is 0.338 e. The van der Waals surface area contributed by atoms with Gasteiger partial charge in [-0.05, 0) is 60.9 Å². The number of nitrogens with zero attached hydrogens (tertiary/aromatic N) is 1. The van der Waals surface area contributed by atoms with Crippen LogP contribution < -0.4 is 9.64 Å². The van der Waals surface area contributed by atoms with Gasteiger partial charge in [0, 0.05) is 11.3 Å². The van der Waals surface area contributed by atoms with Gasteiger partial charge in [-0.2, -0.15) is 0 Å². The summed E-state index contributed by atoms with van der Waals surface area (Å²) in [5.74, 6) is -2.01. The zero-order chi connectivity index (χ0) is 27.4. The van der Waals surface area contributed by atoms with Gasteiger partial charge in [0.25, 0.3) is 11.7 Å². The molecule has 38 heavy (non-hydrogen) atoms. The number of benzene rings is 3. The smallest absolute Gasteiger partial charge is 0.338 e. The number of hydrogen-bond acceptors (Lipinski definition) is 7. The molecule has 4 rings (SSSR count). The minimum absolute atomic E-state index is 0.0718. The van der Waals surface area contributed by atoms with E-state index in [0.717, 1.165) is 0 Å². The van der Waals surface area contributed by atoms with Crippen molar-refractivity contribution in [3.63, 3.8) is 0 Å². The monoisotopic (exact) mass is 515 g/mol. The number of carbonyl (C=O) groups excluding carboxylic acids is 3. The first-order chi connectivity index (χ1) is 18.2. The summed E-state index contributed by atoms with van der Waals surface area (Å²) in [5, 5.41) is 21.6. The molecule has 1 atom stereocenters. The molecule has 0 bridgehead atoms. The molecule has 1 amide bonds. The van der Waals surface area contributed by atoms with E-state index in [2.05, 4.69) is 0 Å². The van der Waals surface area contributed by atoms with Crippen LogP contribution in [0.15, 0.2) is 78.4 Å². The second-order valence-corrected chi connectivity index (χ2v) is 9.27. The minimum Gasteiger partial charge on any atom is -0.508 e. The van der Waals surface area contributed by atoms with Crippen LogP contribution in [-0.4, -0.2) is 41.1 Å². The Morgan fingerprint density at radius 2 is 1.68 bits per heavy atom. The molecule has 3 aromatic carbocycles. The summed E-state index contributed by atoms with van der Waals surface area (Å²) in [6.07, 6.45) is 0. The predicted molar refractivity (Wildman–Crippen MR) is 142 cm³/mol. The molecular formula is C30H29NO7. The Kier molecular flexibility index (Phi) is 7.81. The number of rotatable bonds is 8. The third kappa shape index (κ3) is 5.39. The molecule has 1 heterocycles. The number of phenolic OH excluding ortho intramolecular Hbond substituents is 1. The van der Waals surface area contributed by atoms with E-state index in [1.807, 2.05) is 13.8 Å². The normalized spacial score (nSPS) is 16.6. The molecule has 2 N–H and O–H groups in total. The van der Waals surface area contributed by atoms with Crippen LogP contribution in [0, 0.1) is 5.92 Å². The Bertz CT molecular complexity index is 1410. The molecule has 0 spiro atoms. The van der Waals surface area contributed by atoms with Gasteiger partial charge in [0.15, 0.2) is 0 Å². The SMILES string of the molecule is CCOC(=O)c1cccc(N2C(=O)C(=O)/C(=C(/O)c3cccc(OCC(C)C)c3)C2c2cccc(O)c2)c1. The predicted octanol–water partition coefficient (Wildman–Crippen LogP) is 5.23. The van der Waals surface area contributed by atoms with Crippen LogP contribution >= 0.6 is 0 Å². The van der Waals surface area contributed by atoms with Crippen LogP contribution in [-0.2, 0) is 14.3 Å². The Balaban J connectivity index is 1.86. The Hall–Kier alpha value is -4.59. The van der Waals surface area contributed by atoms with E-state index >= 15 is 0 Å². The van der Waals surface area contributed by atoms with Gasteiger partial charge in [0.05, 0.1) is 30.4 Å². The fourth-order valence-corrected chi connectivity index (χ4v) is 4.26. The number of amides is 1. The zero-order valence-corrected chi connectivity index (χ0v) is 21.4. The van der Waals surface area contributed by atoms with Crippen LogP contribution in [0.25, 0.3) is 5.76 Å². The highest BCUT2D eigenvalue weighted by Gasteiger charge is 2.47. The molecule has 3 aromatic rings. The van der Waals surface area contributed by atoms with Crippen molar-refractivity contribution in [3.05, 3.63) is 95.1 Å². The third-order valence-corrected chi connectivity index (χ3v) is 5.96. The second kappa shape index (κ2) is 11.2. The Morgan fingerprint density at radius 1 is 0.974 bits per heavy atom. The Labute approximate surface area is 220 Å². The van der Waals surface area contributed by atoms with E-state index in [1.165, 1.54) is 23.1 Å². The molecule has 1 aliphatic heterocycles. The lowest BCUT2D eigenvalue weighted by molar-refractivity contribution is -0.132. The van der Waals surface area contributed by atoms with Crippen molar-refractivity contribution in [2.45, 2.75) is 26.8 Å². The molecule has 1 aliphatic rings. The fraction of sp³-hybridized carbons (Fsp3) is 0.233. The number of ketones is 1. The molecule has 0 aromatic heterocycles. The lowest BCUT2D eigenvalue weighted by Crippen LogP contribution is -2.29. The van der Waals surface area contributed by atoms with Gasteiger partial charge in [-0.1, -0.05) is 44.2 Å². The van der Waals surface area contributed by atoms with Gasteiger partial charge >= 0.3 is 5.97 Å². The van der Waals surface area contributed by atoms with Crippen molar-refractivity contribution >= 4 is 29.1 Å². The van der Waals surface area contributed by atoms with Crippen molar-refractivity contribution < 1.29 is 34.1 Å². The van der Waals surface area contributed by atoms with Gasteiger partial charge in [0.1, 0.15) is 17.3 Å². The van der Waals surface area contributed by atoms with Gasteiger partial charge in [0.2, 0.25) is 0 Å². The molecule has 0 aliphatic carbocycles. The number of anilines is 1. The first kappa shape index (κ1) is 26.5. The summed E-state index contributed by atoms with van der Waals surface area (Å²) in [6, 6.07) is 17.9. The summed E-state index contributed by atoms with van der Waals surface area (Å²) >= 11 is 0. The molecule has 0 radical (unpaired) electrons. The van der Waals surface area contributed by atoms with Crippen molar-refractivity contribution in [2.24, 2.45) is 5.92 Å². The van der Waals surface area contributed by atoms with Crippen molar-refractivity contribution in [2.75, 3.05) is 18.1 Å². The van der Waals surface area contributed by atoms with Crippen molar-refractivity contribution in [1.29, 1.82) is 0 Å². The lowest BCUT2D eigenvalue weighted by Gasteiger charge is -2.26. The minimum atomic E-state index is -1.07. The highest BCUT2D eigenvalue weighted by molar-refractivity contribution is 6.51. The molecule has 8 heteroatoms. The standard InChI is InChI=1S/C30H29NO7/c1-4-37-30(36)21-10-5-11-22(14-21)31-26(19-8-6-12-23(32)15-19)25(28(34)29(31)35)27(33)20-9-7-13-24(16-20)38-17-18(2)3/h5-16,18,26,32-33H,4,17H2,1-3H3/b27-25+. The first-order valence-corrected chi connectivity index (χ1v) is 12.3. The van der Waals surface area contributed by atoms with Crippen LogP contribution in [0.4, 0.5) is 5.69 Å². The number of esters is 1. The number of aliphatic hydroxyl groups excluding tert-OH is 1. The highest BCUT2D eigenvalue weighted by atomic mass is 16.5. The molecule has 1 saturated heterocycles. The molecule has 0 saturated carbocycles. The summed E-state index contributed by atoms with van der Waals surface area (Å²) in [7, 11) is 0. The summed E-state index contributed by atoms with van der Waals surface area (Å²) in [6.45, 7) is 6.35. The number of phenols is 1. The largest absolute Gasteiger partial charge is 0.508 e. The van der Waals surface area contributed by atoms with Gasteiger partial charge in [-0.3, -0.25) is 14.5 Å². The maximum absolute atomic E-state index is 13.4. The van der Waals surface area contributed by atoms with Crippen LogP contribution in [0.3, 0.4) is 0 Å². The molecule has 8 nitrogen and oxygen atoms in total. The number of hydrogen-bond donors (Lipinski definition) is 2. The van der Waals surface area contributed by atoms with E-state index < -0.39 is 23.7 Å². The van der Waals surface area contributed by atoms with Crippen LogP contribution in [0.5, 0.6) is 11.5 Å². The van der Waals surface area contributed by atoms with E-state index in [-0.39, 0.29) is 40.9 Å². The summed E-state index contributed by atoms with van der Waals surface area (Å²) in [4.78, 5) is 40.4.